The first-order chi connectivity index (χ1) is 8.73. The van der Waals surface area contributed by atoms with Gasteiger partial charge in [0, 0.05) is 17.0 Å². The largest absolute Gasteiger partial charge is 0.397 e. The molecule has 19 heavy (non-hydrogen) atoms. The van der Waals surface area contributed by atoms with Crippen LogP contribution in [-0.2, 0) is 0 Å². The second-order valence-corrected chi connectivity index (χ2v) is 6.25. The highest BCUT2D eigenvalue weighted by atomic mass is 35.5. The molecule has 1 amide bonds. The first-order valence-corrected chi connectivity index (χ1v) is 6.72. The number of hydrogen-bond donors (Lipinski definition) is 3. The molecular weight excluding hydrogens is 287 g/mol. The summed E-state index contributed by atoms with van der Waals surface area (Å²) in [4.78, 5) is 12.1. The lowest BCUT2D eigenvalue weighted by Crippen LogP contribution is -2.61. The average molecular weight is 303 g/mol. The minimum Gasteiger partial charge on any atom is -0.397 e. The van der Waals surface area contributed by atoms with Crippen molar-refractivity contribution >= 4 is 34.8 Å². The maximum Gasteiger partial charge on any atom is 0.251 e. The van der Waals surface area contributed by atoms with Crippen LogP contribution in [0.3, 0.4) is 0 Å². The van der Waals surface area contributed by atoms with Crippen LogP contribution in [0.1, 0.15) is 30.6 Å². The standard InChI is InChI=1S/C13H16Cl2N2O2/c1-13(2)9(5-10(13)18)17-12(19)6-3-7(14)11(15)8(16)4-6/h3-4,9-10,18H,5,16H2,1-2H3,(H,17,19). The lowest BCUT2D eigenvalue weighted by atomic mass is 9.64. The second kappa shape index (κ2) is 4.85. The molecule has 1 saturated carbocycles. The van der Waals surface area contributed by atoms with E-state index in [0.29, 0.717) is 12.0 Å². The van der Waals surface area contributed by atoms with Gasteiger partial charge in [0.05, 0.1) is 21.8 Å². The number of hydrogen-bond acceptors (Lipinski definition) is 3. The van der Waals surface area contributed by atoms with Crippen molar-refractivity contribution in [2.75, 3.05) is 5.73 Å². The van der Waals surface area contributed by atoms with Crippen molar-refractivity contribution < 1.29 is 9.90 Å². The second-order valence-electron chi connectivity index (χ2n) is 5.46. The van der Waals surface area contributed by atoms with E-state index in [1.165, 1.54) is 12.1 Å². The van der Waals surface area contributed by atoms with Gasteiger partial charge in [-0.05, 0) is 18.6 Å². The fourth-order valence-corrected chi connectivity index (χ4v) is 2.47. The van der Waals surface area contributed by atoms with Crippen molar-refractivity contribution in [1.82, 2.24) is 5.32 Å². The Balaban J connectivity index is 2.14. The number of carbonyl (C=O) groups excluding carboxylic acids is 1. The number of anilines is 1. The summed E-state index contributed by atoms with van der Waals surface area (Å²) < 4.78 is 0. The first kappa shape index (κ1) is 14.4. The van der Waals surface area contributed by atoms with E-state index >= 15 is 0 Å². The van der Waals surface area contributed by atoms with Crippen LogP contribution in [-0.4, -0.2) is 23.2 Å². The number of halogens is 2. The zero-order valence-electron chi connectivity index (χ0n) is 10.7. The smallest absolute Gasteiger partial charge is 0.251 e. The van der Waals surface area contributed by atoms with Crippen molar-refractivity contribution in [2.24, 2.45) is 5.41 Å². The molecule has 0 spiro atoms. The van der Waals surface area contributed by atoms with E-state index in [1.807, 2.05) is 13.8 Å². The summed E-state index contributed by atoms with van der Waals surface area (Å²) >= 11 is 11.7. The fraction of sp³-hybridized carbons (Fsp3) is 0.462. The van der Waals surface area contributed by atoms with Gasteiger partial charge in [0.25, 0.3) is 5.91 Å². The summed E-state index contributed by atoms with van der Waals surface area (Å²) in [7, 11) is 0. The van der Waals surface area contributed by atoms with Crippen LogP contribution < -0.4 is 11.1 Å². The maximum atomic E-state index is 12.1. The Labute approximate surface area is 121 Å². The summed E-state index contributed by atoms with van der Waals surface area (Å²) in [6, 6.07) is 2.91. The number of benzene rings is 1. The van der Waals surface area contributed by atoms with Gasteiger partial charge < -0.3 is 16.2 Å². The third-order valence-corrected chi connectivity index (χ3v) is 4.66. The highest BCUT2D eigenvalue weighted by Crippen LogP contribution is 2.40. The van der Waals surface area contributed by atoms with Gasteiger partial charge in [-0.25, -0.2) is 0 Å². The molecule has 2 atom stereocenters. The monoisotopic (exact) mass is 302 g/mol. The molecule has 1 aromatic carbocycles. The van der Waals surface area contributed by atoms with Crippen LogP contribution in [0.2, 0.25) is 10.0 Å². The van der Waals surface area contributed by atoms with E-state index < -0.39 is 6.10 Å². The molecule has 0 saturated heterocycles. The zero-order valence-corrected chi connectivity index (χ0v) is 12.2. The molecule has 0 bridgehead atoms. The Kier molecular flexibility index (Phi) is 3.69. The molecule has 0 radical (unpaired) electrons. The zero-order chi connectivity index (χ0) is 14.4. The maximum absolute atomic E-state index is 12.1. The van der Waals surface area contributed by atoms with Crippen molar-refractivity contribution in [3.8, 4) is 0 Å². The van der Waals surface area contributed by atoms with E-state index in [9.17, 15) is 9.90 Å². The predicted octanol–water partition coefficient (Wildman–Crippen LogP) is 2.46. The summed E-state index contributed by atoms with van der Waals surface area (Å²) in [6.07, 6.45) is 0.159. The minimum atomic E-state index is -0.392. The molecule has 0 heterocycles. The van der Waals surface area contributed by atoms with Gasteiger partial charge in [-0.3, -0.25) is 4.79 Å². The van der Waals surface area contributed by atoms with Gasteiger partial charge in [0.15, 0.2) is 0 Å². The molecule has 1 aliphatic rings. The van der Waals surface area contributed by atoms with E-state index in [2.05, 4.69) is 5.32 Å². The Morgan fingerprint density at radius 1 is 1.47 bits per heavy atom. The topological polar surface area (TPSA) is 75.3 Å². The molecule has 6 heteroatoms. The van der Waals surface area contributed by atoms with Crippen molar-refractivity contribution in [1.29, 1.82) is 0 Å². The Bertz CT molecular complexity index is 508. The molecule has 4 nitrogen and oxygen atoms in total. The summed E-state index contributed by atoms with van der Waals surface area (Å²) in [5, 5.41) is 13.0. The Morgan fingerprint density at radius 3 is 2.58 bits per heavy atom. The van der Waals surface area contributed by atoms with Gasteiger partial charge in [0.2, 0.25) is 0 Å². The third kappa shape index (κ3) is 2.53. The SMILES string of the molecule is CC1(C)C(O)CC1NC(=O)c1cc(N)c(Cl)c(Cl)c1. The summed E-state index contributed by atoms with van der Waals surface area (Å²) in [5.41, 5.74) is 5.99. The molecule has 1 fully saturated rings. The molecule has 0 aliphatic heterocycles. The van der Waals surface area contributed by atoms with E-state index in [1.54, 1.807) is 0 Å². The molecule has 1 aromatic rings. The highest BCUT2D eigenvalue weighted by Gasteiger charge is 2.47. The average Bonchev–Trinajstić information content (AvgIpc) is 2.34. The Hall–Kier alpha value is -0.970. The first-order valence-electron chi connectivity index (χ1n) is 5.97. The van der Waals surface area contributed by atoms with Gasteiger partial charge >= 0.3 is 0 Å². The minimum absolute atomic E-state index is 0.0642. The lowest BCUT2D eigenvalue weighted by Gasteiger charge is -2.49. The fourth-order valence-electron chi connectivity index (χ4n) is 2.13. The molecular formula is C13H16Cl2N2O2. The Morgan fingerprint density at radius 2 is 2.11 bits per heavy atom. The number of aliphatic hydroxyl groups is 1. The number of rotatable bonds is 2. The van der Waals surface area contributed by atoms with Gasteiger partial charge in [-0.15, -0.1) is 0 Å². The van der Waals surface area contributed by atoms with Gasteiger partial charge in [-0.2, -0.15) is 0 Å². The number of aliphatic hydroxyl groups excluding tert-OH is 1. The van der Waals surface area contributed by atoms with Crippen LogP contribution in [0.15, 0.2) is 12.1 Å². The van der Waals surface area contributed by atoms with Crippen LogP contribution in [0.5, 0.6) is 0 Å². The number of nitrogen functional groups attached to an aromatic ring is 1. The van der Waals surface area contributed by atoms with Gasteiger partial charge in [-0.1, -0.05) is 37.0 Å². The molecule has 1 aliphatic carbocycles. The lowest BCUT2D eigenvalue weighted by molar-refractivity contribution is -0.0689. The summed E-state index contributed by atoms with van der Waals surface area (Å²) in [5.74, 6) is -0.268. The molecule has 4 N–H and O–H groups in total. The van der Waals surface area contributed by atoms with Crippen molar-refractivity contribution in [2.45, 2.75) is 32.4 Å². The van der Waals surface area contributed by atoms with Crippen LogP contribution in [0.4, 0.5) is 5.69 Å². The molecule has 2 rings (SSSR count). The molecule has 0 aromatic heterocycles. The van der Waals surface area contributed by atoms with Crippen molar-refractivity contribution in [3.05, 3.63) is 27.7 Å². The normalized spacial score (nSPS) is 24.7. The van der Waals surface area contributed by atoms with Crippen LogP contribution in [0, 0.1) is 5.41 Å². The third-order valence-electron chi connectivity index (χ3n) is 3.84. The number of amides is 1. The van der Waals surface area contributed by atoms with E-state index in [0.717, 1.165) is 0 Å². The van der Waals surface area contributed by atoms with Crippen LogP contribution in [0.25, 0.3) is 0 Å². The number of nitrogens with one attached hydrogen (secondary N) is 1. The molecule has 2 unspecified atom stereocenters. The number of nitrogens with two attached hydrogens (primary N) is 1. The number of carbonyl (C=O) groups is 1. The van der Waals surface area contributed by atoms with E-state index in [-0.39, 0.29) is 33.1 Å². The van der Waals surface area contributed by atoms with Crippen LogP contribution >= 0.6 is 23.2 Å². The van der Waals surface area contributed by atoms with Crippen molar-refractivity contribution in [3.63, 3.8) is 0 Å². The van der Waals surface area contributed by atoms with Gasteiger partial charge in [0.1, 0.15) is 0 Å². The van der Waals surface area contributed by atoms with E-state index in [4.69, 9.17) is 28.9 Å². The molecule has 104 valence electrons. The highest BCUT2D eigenvalue weighted by molar-refractivity contribution is 6.43. The summed E-state index contributed by atoms with van der Waals surface area (Å²) in [6.45, 7) is 3.82. The quantitative estimate of drug-likeness (QED) is 0.735. The predicted molar refractivity (Wildman–Crippen MR) is 76.5 cm³/mol.